The number of nitrogens with one attached hydrogen (secondary N) is 1. The Labute approximate surface area is 111 Å². The molecule has 1 saturated heterocycles. The summed E-state index contributed by atoms with van der Waals surface area (Å²) >= 11 is 0. The molecule has 1 atom stereocenters. The maximum absolute atomic E-state index is 4.17. The second kappa shape index (κ2) is 7.49. The molecule has 2 rings (SSSR count). The molecule has 1 unspecified atom stereocenters. The molecule has 18 heavy (non-hydrogen) atoms. The van der Waals surface area contributed by atoms with Crippen molar-refractivity contribution in [2.24, 2.45) is 0 Å². The first-order valence-corrected chi connectivity index (χ1v) is 7.23. The van der Waals surface area contributed by atoms with Crippen molar-refractivity contribution < 1.29 is 0 Å². The van der Waals surface area contributed by atoms with Crippen LogP contribution >= 0.6 is 0 Å². The molecule has 0 saturated carbocycles. The van der Waals surface area contributed by atoms with Gasteiger partial charge >= 0.3 is 0 Å². The van der Waals surface area contributed by atoms with Crippen molar-refractivity contribution in [3.63, 3.8) is 0 Å². The summed E-state index contributed by atoms with van der Waals surface area (Å²) in [6, 6.07) is 4.90. The Hall–Kier alpha value is -0.930. The predicted octanol–water partition coefficient (Wildman–Crippen LogP) is 2.09. The van der Waals surface area contributed by atoms with Gasteiger partial charge in [0.1, 0.15) is 0 Å². The van der Waals surface area contributed by atoms with Crippen LogP contribution < -0.4 is 5.32 Å². The fourth-order valence-corrected chi connectivity index (χ4v) is 2.61. The number of aromatic nitrogens is 1. The molecule has 2 heterocycles. The van der Waals surface area contributed by atoms with Crippen LogP contribution in [0.25, 0.3) is 0 Å². The zero-order valence-corrected chi connectivity index (χ0v) is 11.4. The van der Waals surface area contributed by atoms with Gasteiger partial charge in [0.2, 0.25) is 0 Å². The molecule has 0 amide bonds. The summed E-state index contributed by atoms with van der Waals surface area (Å²) in [4.78, 5) is 6.76. The van der Waals surface area contributed by atoms with Gasteiger partial charge in [0.05, 0.1) is 0 Å². The third-order valence-electron chi connectivity index (χ3n) is 3.63. The van der Waals surface area contributed by atoms with E-state index in [-0.39, 0.29) is 0 Å². The molecule has 1 fully saturated rings. The Bertz CT molecular complexity index is 326. The van der Waals surface area contributed by atoms with Crippen molar-refractivity contribution in [2.45, 2.75) is 38.6 Å². The molecule has 0 aromatic carbocycles. The molecule has 1 aliphatic rings. The average Bonchev–Trinajstić information content (AvgIpc) is 2.44. The van der Waals surface area contributed by atoms with Gasteiger partial charge in [0.25, 0.3) is 0 Å². The molecular weight excluding hydrogens is 222 g/mol. The molecule has 3 heteroatoms. The van der Waals surface area contributed by atoms with Crippen molar-refractivity contribution in [1.82, 2.24) is 15.2 Å². The number of hydrogen-bond donors (Lipinski definition) is 1. The summed E-state index contributed by atoms with van der Waals surface area (Å²) in [5.74, 6) is 0. The van der Waals surface area contributed by atoms with E-state index in [9.17, 15) is 0 Å². The normalized spacial score (nSPS) is 21.1. The highest BCUT2D eigenvalue weighted by Crippen LogP contribution is 2.11. The van der Waals surface area contributed by atoms with Gasteiger partial charge in [-0.1, -0.05) is 13.0 Å². The zero-order chi connectivity index (χ0) is 12.6. The third-order valence-corrected chi connectivity index (χ3v) is 3.63. The Morgan fingerprint density at radius 2 is 2.44 bits per heavy atom. The molecule has 1 aliphatic heterocycles. The maximum Gasteiger partial charge on any atom is 0.0300 e. The van der Waals surface area contributed by atoms with E-state index < -0.39 is 0 Å². The van der Waals surface area contributed by atoms with Crippen molar-refractivity contribution in [2.75, 3.05) is 26.2 Å². The second-order valence-corrected chi connectivity index (χ2v) is 5.21. The number of hydrogen-bond acceptors (Lipinski definition) is 3. The van der Waals surface area contributed by atoms with E-state index in [4.69, 9.17) is 0 Å². The van der Waals surface area contributed by atoms with Gasteiger partial charge in [-0.15, -0.1) is 0 Å². The van der Waals surface area contributed by atoms with E-state index in [2.05, 4.69) is 28.2 Å². The van der Waals surface area contributed by atoms with Gasteiger partial charge in [-0.25, -0.2) is 0 Å². The Morgan fingerprint density at radius 3 is 3.22 bits per heavy atom. The fraction of sp³-hybridized carbons (Fsp3) is 0.667. The quantitative estimate of drug-likeness (QED) is 0.834. The number of rotatable bonds is 6. The lowest BCUT2D eigenvalue weighted by molar-refractivity contribution is 0.193. The van der Waals surface area contributed by atoms with E-state index in [1.165, 1.54) is 37.9 Å². The Kier molecular flexibility index (Phi) is 5.62. The first-order chi connectivity index (χ1) is 8.88. The average molecular weight is 247 g/mol. The number of pyridine rings is 1. The predicted molar refractivity (Wildman–Crippen MR) is 75.7 cm³/mol. The lowest BCUT2D eigenvalue weighted by Gasteiger charge is -2.33. The van der Waals surface area contributed by atoms with Gasteiger partial charge in [-0.3, -0.25) is 4.98 Å². The lowest BCUT2D eigenvalue weighted by Crippen LogP contribution is -2.46. The highest BCUT2D eigenvalue weighted by Gasteiger charge is 2.18. The highest BCUT2D eigenvalue weighted by molar-refractivity contribution is 5.08. The van der Waals surface area contributed by atoms with Crippen LogP contribution in [0.2, 0.25) is 0 Å². The third kappa shape index (κ3) is 4.39. The summed E-state index contributed by atoms with van der Waals surface area (Å²) in [5, 5.41) is 3.65. The van der Waals surface area contributed by atoms with Crippen LogP contribution in [0.5, 0.6) is 0 Å². The van der Waals surface area contributed by atoms with Crippen LogP contribution in [0.1, 0.15) is 31.7 Å². The number of piperidine rings is 1. The van der Waals surface area contributed by atoms with Crippen LogP contribution in [0.4, 0.5) is 0 Å². The molecule has 1 aromatic rings. The summed E-state index contributed by atoms with van der Waals surface area (Å²) in [6.07, 6.45) is 8.84. The van der Waals surface area contributed by atoms with Gasteiger partial charge in [-0.2, -0.15) is 0 Å². The van der Waals surface area contributed by atoms with E-state index in [1.54, 1.807) is 0 Å². The molecule has 100 valence electrons. The lowest BCUT2D eigenvalue weighted by atomic mass is 10.0. The van der Waals surface area contributed by atoms with Gasteiger partial charge in [-0.05, 0) is 50.4 Å². The minimum atomic E-state index is 0.701. The summed E-state index contributed by atoms with van der Waals surface area (Å²) in [7, 11) is 0. The molecule has 3 nitrogen and oxygen atoms in total. The topological polar surface area (TPSA) is 28.2 Å². The zero-order valence-electron chi connectivity index (χ0n) is 11.4. The van der Waals surface area contributed by atoms with Gasteiger partial charge < -0.3 is 10.2 Å². The van der Waals surface area contributed by atoms with Crippen LogP contribution in [-0.4, -0.2) is 42.1 Å². The van der Waals surface area contributed by atoms with E-state index in [0.717, 1.165) is 19.5 Å². The second-order valence-electron chi connectivity index (χ2n) is 5.21. The molecule has 1 aromatic heterocycles. The first-order valence-electron chi connectivity index (χ1n) is 7.23. The largest absolute Gasteiger partial charge is 0.313 e. The molecular formula is C15H25N3. The number of nitrogens with zero attached hydrogens (tertiary/aromatic N) is 2. The van der Waals surface area contributed by atoms with Crippen molar-refractivity contribution in [1.29, 1.82) is 0 Å². The fourth-order valence-electron chi connectivity index (χ4n) is 2.61. The van der Waals surface area contributed by atoms with Crippen molar-refractivity contribution in [3.05, 3.63) is 30.1 Å². The number of likely N-dealkylation sites (tertiary alicyclic amines) is 1. The van der Waals surface area contributed by atoms with Crippen LogP contribution in [0.3, 0.4) is 0 Å². The SMILES string of the molecule is CCCNC1CCCN(CCc2cccnc2)C1. The van der Waals surface area contributed by atoms with Crippen LogP contribution in [-0.2, 0) is 6.42 Å². The van der Waals surface area contributed by atoms with Gasteiger partial charge in [0, 0.05) is 31.5 Å². The molecule has 0 aliphatic carbocycles. The maximum atomic E-state index is 4.17. The van der Waals surface area contributed by atoms with Crippen molar-refractivity contribution >= 4 is 0 Å². The molecule has 0 spiro atoms. The van der Waals surface area contributed by atoms with E-state index >= 15 is 0 Å². The smallest absolute Gasteiger partial charge is 0.0300 e. The van der Waals surface area contributed by atoms with E-state index in [1.807, 2.05) is 18.5 Å². The summed E-state index contributed by atoms with van der Waals surface area (Å²) in [6.45, 7) is 7.01. The van der Waals surface area contributed by atoms with Crippen molar-refractivity contribution in [3.8, 4) is 0 Å². The highest BCUT2D eigenvalue weighted by atomic mass is 15.2. The summed E-state index contributed by atoms with van der Waals surface area (Å²) in [5.41, 5.74) is 1.35. The minimum absolute atomic E-state index is 0.701. The van der Waals surface area contributed by atoms with Gasteiger partial charge in [0.15, 0.2) is 0 Å². The Balaban J connectivity index is 1.72. The molecule has 0 radical (unpaired) electrons. The standard InChI is InChI=1S/C15H25N3/c1-2-8-17-15-6-4-10-18(13-15)11-7-14-5-3-9-16-12-14/h3,5,9,12,15,17H,2,4,6-8,10-11,13H2,1H3. The van der Waals surface area contributed by atoms with Crippen LogP contribution in [0.15, 0.2) is 24.5 Å². The summed E-state index contributed by atoms with van der Waals surface area (Å²) < 4.78 is 0. The van der Waals surface area contributed by atoms with Crippen LogP contribution in [0, 0.1) is 0 Å². The monoisotopic (exact) mass is 247 g/mol. The Morgan fingerprint density at radius 1 is 1.50 bits per heavy atom. The molecule has 1 N–H and O–H groups in total. The minimum Gasteiger partial charge on any atom is -0.313 e. The molecule has 0 bridgehead atoms. The van der Waals surface area contributed by atoms with E-state index in [0.29, 0.717) is 6.04 Å². The first kappa shape index (κ1) is 13.5.